The van der Waals surface area contributed by atoms with Crippen molar-refractivity contribution in [1.29, 1.82) is 0 Å². The van der Waals surface area contributed by atoms with E-state index < -0.39 is 0 Å². The van der Waals surface area contributed by atoms with Gasteiger partial charge in [0, 0.05) is 8.59 Å². The van der Waals surface area contributed by atoms with Crippen LogP contribution in [0.4, 0.5) is 5.69 Å². The van der Waals surface area contributed by atoms with Crippen molar-refractivity contribution in [3.05, 3.63) is 26.8 Å². The SMILES string of the molecule is O=C(Nc1ccc(Cl)cc1I)C1CCCCCN1. The van der Waals surface area contributed by atoms with E-state index in [1.807, 2.05) is 12.1 Å². The summed E-state index contributed by atoms with van der Waals surface area (Å²) in [5.74, 6) is 0.0529. The molecule has 98 valence electrons. The van der Waals surface area contributed by atoms with Crippen molar-refractivity contribution in [2.75, 3.05) is 11.9 Å². The monoisotopic (exact) mass is 378 g/mol. The molecule has 0 aliphatic carbocycles. The summed E-state index contributed by atoms with van der Waals surface area (Å²) in [5, 5.41) is 6.94. The molecule has 1 amide bonds. The first kappa shape index (κ1) is 14.1. The van der Waals surface area contributed by atoms with Gasteiger partial charge in [0.2, 0.25) is 5.91 Å². The number of halogens is 2. The van der Waals surface area contributed by atoms with Crippen molar-refractivity contribution in [3.8, 4) is 0 Å². The fourth-order valence-corrected chi connectivity index (χ4v) is 3.07. The van der Waals surface area contributed by atoms with Crippen LogP contribution < -0.4 is 10.6 Å². The van der Waals surface area contributed by atoms with E-state index in [0.29, 0.717) is 5.02 Å². The third-order valence-corrected chi connectivity index (χ3v) is 4.19. The van der Waals surface area contributed by atoms with Gasteiger partial charge in [-0.15, -0.1) is 0 Å². The molecule has 1 heterocycles. The van der Waals surface area contributed by atoms with Gasteiger partial charge in [0.05, 0.1) is 11.7 Å². The zero-order valence-electron chi connectivity index (χ0n) is 10.0. The Morgan fingerprint density at radius 1 is 1.39 bits per heavy atom. The Labute approximate surface area is 126 Å². The summed E-state index contributed by atoms with van der Waals surface area (Å²) in [4.78, 5) is 12.1. The summed E-state index contributed by atoms with van der Waals surface area (Å²) in [6, 6.07) is 5.41. The number of carbonyl (C=O) groups is 1. The molecule has 18 heavy (non-hydrogen) atoms. The largest absolute Gasteiger partial charge is 0.324 e. The minimum Gasteiger partial charge on any atom is -0.324 e. The number of hydrogen-bond donors (Lipinski definition) is 2. The van der Waals surface area contributed by atoms with E-state index >= 15 is 0 Å². The first-order valence-electron chi connectivity index (χ1n) is 6.16. The molecule has 2 N–H and O–H groups in total. The number of amides is 1. The average molecular weight is 379 g/mol. The molecular formula is C13H16ClIN2O. The normalized spacial score (nSPS) is 20.2. The van der Waals surface area contributed by atoms with Gasteiger partial charge in [-0.2, -0.15) is 0 Å². The van der Waals surface area contributed by atoms with Crippen LogP contribution in [0.1, 0.15) is 25.7 Å². The highest BCUT2D eigenvalue weighted by molar-refractivity contribution is 14.1. The van der Waals surface area contributed by atoms with Crippen molar-refractivity contribution >= 4 is 45.8 Å². The number of rotatable bonds is 2. The first-order valence-corrected chi connectivity index (χ1v) is 7.62. The second kappa shape index (κ2) is 6.73. The van der Waals surface area contributed by atoms with Crippen molar-refractivity contribution in [3.63, 3.8) is 0 Å². The van der Waals surface area contributed by atoms with E-state index in [1.165, 1.54) is 6.42 Å². The topological polar surface area (TPSA) is 41.1 Å². The maximum absolute atomic E-state index is 12.1. The molecule has 1 aromatic carbocycles. The lowest BCUT2D eigenvalue weighted by atomic mass is 10.1. The van der Waals surface area contributed by atoms with E-state index in [2.05, 4.69) is 33.2 Å². The molecule has 2 rings (SSSR count). The number of anilines is 1. The van der Waals surface area contributed by atoms with E-state index in [4.69, 9.17) is 11.6 Å². The molecule has 1 saturated heterocycles. The lowest BCUT2D eigenvalue weighted by Gasteiger charge is -2.16. The second-order valence-electron chi connectivity index (χ2n) is 4.47. The quantitative estimate of drug-likeness (QED) is 0.774. The highest BCUT2D eigenvalue weighted by atomic mass is 127. The minimum atomic E-state index is -0.0704. The van der Waals surface area contributed by atoms with E-state index in [-0.39, 0.29) is 11.9 Å². The smallest absolute Gasteiger partial charge is 0.241 e. The predicted molar refractivity (Wildman–Crippen MR) is 83.1 cm³/mol. The van der Waals surface area contributed by atoms with Gasteiger partial charge >= 0.3 is 0 Å². The summed E-state index contributed by atoms with van der Waals surface area (Å²) < 4.78 is 0.960. The van der Waals surface area contributed by atoms with E-state index in [1.54, 1.807) is 6.07 Å². The maximum Gasteiger partial charge on any atom is 0.241 e. The molecule has 0 bridgehead atoms. The summed E-state index contributed by atoms with van der Waals surface area (Å²) in [7, 11) is 0. The number of carbonyl (C=O) groups excluding carboxylic acids is 1. The summed E-state index contributed by atoms with van der Waals surface area (Å²) in [5.41, 5.74) is 0.830. The molecule has 1 aromatic rings. The third-order valence-electron chi connectivity index (χ3n) is 3.07. The lowest BCUT2D eigenvalue weighted by molar-refractivity contribution is -0.118. The molecule has 1 aliphatic rings. The molecule has 0 spiro atoms. The van der Waals surface area contributed by atoms with Crippen LogP contribution in [-0.2, 0) is 4.79 Å². The highest BCUT2D eigenvalue weighted by Crippen LogP contribution is 2.22. The minimum absolute atomic E-state index is 0.0529. The molecule has 0 radical (unpaired) electrons. The number of benzene rings is 1. The Balaban J connectivity index is 2.01. The van der Waals surface area contributed by atoms with Gasteiger partial charge in [-0.25, -0.2) is 0 Å². The van der Waals surface area contributed by atoms with Crippen LogP contribution in [0.3, 0.4) is 0 Å². The Morgan fingerprint density at radius 3 is 3.00 bits per heavy atom. The number of hydrogen-bond acceptors (Lipinski definition) is 2. The van der Waals surface area contributed by atoms with E-state index in [9.17, 15) is 4.79 Å². The van der Waals surface area contributed by atoms with Crippen molar-refractivity contribution in [2.45, 2.75) is 31.7 Å². The Hall–Kier alpha value is -0.330. The molecule has 1 aliphatic heterocycles. The van der Waals surface area contributed by atoms with Crippen LogP contribution in [0.25, 0.3) is 0 Å². The van der Waals surface area contributed by atoms with Gasteiger partial charge in [0.1, 0.15) is 0 Å². The summed E-state index contributed by atoms with van der Waals surface area (Å²) >= 11 is 8.07. The van der Waals surface area contributed by atoms with Crippen LogP contribution in [0.15, 0.2) is 18.2 Å². The lowest BCUT2D eigenvalue weighted by Crippen LogP contribution is -2.39. The first-order chi connectivity index (χ1) is 8.66. The summed E-state index contributed by atoms with van der Waals surface area (Å²) in [6.45, 7) is 0.926. The zero-order chi connectivity index (χ0) is 13.0. The maximum atomic E-state index is 12.1. The molecule has 0 aromatic heterocycles. The fraction of sp³-hybridized carbons (Fsp3) is 0.462. The van der Waals surface area contributed by atoms with Crippen LogP contribution in [-0.4, -0.2) is 18.5 Å². The van der Waals surface area contributed by atoms with Gasteiger partial charge in [0.15, 0.2) is 0 Å². The van der Waals surface area contributed by atoms with Crippen LogP contribution in [0.2, 0.25) is 5.02 Å². The van der Waals surface area contributed by atoms with Crippen LogP contribution in [0.5, 0.6) is 0 Å². The van der Waals surface area contributed by atoms with Crippen molar-refractivity contribution < 1.29 is 4.79 Å². The van der Waals surface area contributed by atoms with Crippen molar-refractivity contribution in [1.82, 2.24) is 5.32 Å². The second-order valence-corrected chi connectivity index (χ2v) is 6.07. The van der Waals surface area contributed by atoms with Gasteiger partial charge in [0.25, 0.3) is 0 Å². The zero-order valence-corrected chi connectivity index (χ0v) is 12.9. The molecule has 3 nitrogen and oxygen atoms in total. The van der Waals surface area contributed by atoms with Crippen LogP contribution in [0, 0.1) is 3.57 Å². The van der Waals surface area contributed by atoms with Crippen LogP contribution >= 0.6 is 34.2 Å². The van der Waals surface area contributed by atoms with Crippen molar-refractivity contribution in [2.24, 2.45) is 0 Å². The van der Waals surface area contributed by atoms with Gasteiger partial charge < -0.3 is 10.6 Å². The Kier molecular flexibility index (Phi) is 5.26. The standard InChI is InChI=1S/C13H16ClIN2O/c14-9-5-6-11(10(15)8-9)17-13(18)12-4-2-1-3-7-16-12/h5-6,8,12,16H,1-4,7H2,(H,17,18). The van der Waals surface area contributed by atoms with Gasteiger partial charge in [-0.3, -0.25) is 4.79 Å². The number of nitrogens with one attached hydrogen (secondary N) is 2. The molecular weight excluding hydrogens is 363 g/mol. The molecule has 5 heteroatoms. The molecule has 1 unspecified atom stereocenters. The molecule has 1 fully saturated rings. The van der Waals surface area contributed by atoms with Gasteiger partial charge in [-0.1, -0.05) is 24.4 Å². The van der Waals surface area contributed by atoms with E-state index in [0.717, 1.165) is 35.1 Å². The third kappa shape index (κ3) is 3.83. The Morgan fingerprint density at radius 2 is 2.22 bits per heavy atom. The Bertz CT molecular complexity index is 431. The molecule has 0 saturated carbocycles. The average Bonchev–Trinajstić information content (AvgIpc) is 2.61. The highest BCUT2D eigenvalue weighted by Gasteiger charge is 2.19. The predicted octanol–water partition coefficient (Wildman–Crippen LogP) is 3.42. The molecule has 1 atom stereocenters. The van der Waals surface area contributed by atoms with Gasteiger partial charge in [-0.05, 0) is 60.2 Å². The summed E-state index contributed by atoms with van der Waals surface area (Å²) in [6.07, 6.45) is 4.39. The fourth-order valence-electron chi connectivity index (χ4n) is 2.06.